The molecule has 110 valence electrons. The lowest BCUT2D eigenvalue weighted by Crippen LogP contribution is -2.34. The highest BCUT2D eigenvalue weighted by Gasteiger charge is 2.22. The monoisotopic (exact) mass is 286 g/mol. The van der Waals surface area contributed by atoms with E-state index in [9.17, 15) is 9.90 Å². The van der Waals surface area contributed by atoms with Crippen molar-refractivity contribution < 1.29 is 9.90 Å². The van der Waals surface area contributed by atoms with Crippen LogP contribution in [0.25, 0.3) is 11.4 Å². The Kier molecular flexibility index (Phi) is 4.47. The number of aliphatic carboxylic acids is 1. The fraction of sp³-hybridized carbons (Fsp3) is 0.333. The number of carboxylic acids is 1. The molecule has 2 aromatic heterocycles. The molecule has 0 aromatic carbocycles. The summed E-state index contributed by atoms with van der Waals surface area (Å²) in [5.41, 5.74) is 1.61. The van der Waals surface area contributed by atoms with Crippen LogP contribution in [-0.4, -0.2) is 32.1 Å². The fourth-order valence-electron chi connectivity index (χ4n) is 1.95. The lowest BCUT2D eigenvalue weighted by Gasteiger charge is -2.19. The molecule has 21 heavy (non-hydrogen) atoms. The number of rotatable bonds is 5. The first-order valence-corrected chi connectivity index (χ1v) is 6.73. The van der Waals surface area contributed by atoms with Gasteiger partial charge in [-0.3, -0.25) is 4.98 Å². The van der Waals surface area contributed by atoms with E-state index in [1.165, 1.54) is 0 Å². The number of nitrogens with zero attached hydrogens (tertiary/aromatic N) is 3. The zero-order valence-corrected chi connectivity index (χ0v) is 12.2. The van der Waals surface area contributed by atoms with E-state index in [4.69, 9.17) is 0 Å². The largest absolute Gasteiger partial charge is 0.480 e. The smallest absolute Gasteiger partial charge is 0.326 e. The number of aromatic nitrogens is 3. The molecule has 0 aliphatic carbocycles. The maximum atomic E-state index is 11.3. The van der Waals surface area contributed by atoms with Crippen molar-refractivity contribution in [2.45, 2.75) is 26.8 Å². The van der Waals surface area contributed by atoms with Crippen LogP contribution >= 0.6 is 0 Å². The van der Waals surface area contributed by atoms with Crippen molar-refractivity contribution in [1.82, 2.24) is 15.0 Å². The molecule has 0 fully saturated rings. The van der Waals surface area contributed by atoms with E-state index >= 15 is 0 Å². The molecule has 0 aliphatic rings. The summed E-state index contributed by atoms with van der Waals surface area (Å²) < 4.78 is 0. The van der Waals surface area contributed by atoms with Crippen LogP contribution in [0.15, 0.2) is 30.6 Å². The summed E-state index contributed by atoms with van der Waals surface area (Å²) in [5, 5.41) is 12.2. The molecule has 0 saturated heterocycles. The average Bonchev–Trinajstić information content (AvgIpc) is 2.44. The second kappa shape index (κ2) is 6.30. The molecular formula is C15H18N4O2. The van der Waals surface area contributed by atoms with Gasteiger partial charge in [-0.25, -0.2) is 14.8 Å². The van der Waals surface area contributed by atoms with Crippen LogP contribution < -0.4 is 5.32 Å². The molecule has 0 aliphatic heterocycles. The first-order chi connectivity index (χ1) is 9.97. The predicted octanol–water partition coefficient (Wildman–Crippen LogP) is 2.37. The molecule has 2 N–H and O–H groups in total. The topological polar surface area (TPSA) is 88.0 Å². The Hall–Kier alpha value is -2.50. The van der Waals surface area contributed by atoms with Gasteiger partial charge in [0.15, 0.2) is 5.82 Å². The number of carbonyl (C=O) groups is 1. The number of anilines is 1. The molecule has 0 saturated carbocycles. The molecule has 0 unspecified atom stereocenters. The maximum Gasteiger partial charge on any atom is 0.326 e. The molecule has 0 bridgehead atoms. The Morgan fingerprint density at radius 3 is 2.48 bits per heavy atom. The molecule has 1 atom stereocenters. The van der Waals surface area contributed by atoms with Crippen LogP contribution in [0.5, 0.6) is 0 Å². The summed E-state index contributed by atoms with van der Waals surface area (Å²) in [6.45, 7) is 5.55. The van der Waals surface area contributed by atoms with Crippen molar-refractivity contribution in [2.75, 3.05) is 5.32 Å². The lowest BCUT2D eigenvalue weighted by molar-refractivity contribution is -0.138. The van der Waals surface area contributed by atoms with Gasteiger partial charge in [-0.05, 0) is 25.0 Å². The second-order valence-electron chi connectivity index (χ2n) is 5.16. The third kappa shape index (κ3) is 3.75. The molecule has 2 heterocycles. The Morgan fingerprint density at radius 1 is 1.24 bits per heavy atom. The van der Waals surface area contributed by atoms with E-state index in [0.717, 1.165) is 11.3 Å². The van der Waals surface area contributed by atoms with Gasteiger partial charge in [0.25, 0.3) is 0 Å². The number of aryl methyl sites for hydroxylation is 1. The van der Waals surface area contributed by atoms with E-state index in [2.05, 4.69) is 20.3 Å². The molecule has 6 heteroatoms. The van der Waals surface area contributed by atoms with Gasteiger partial charge in [0.05, 0.1) is 0 Å². The minimum atomic E-state index is -0.897. The molecule has 2 rings (SSSR count). The molecule has 0 radical (unpaired) electrons. The average molecular weight is 286 g/mol. The summed E-state index contributed by atoms with van der Waals surface area (Å²) in [6.07, 6.45) is 3.34. The first kappa shape index (κ1) is 14.9. The molecular weight excluding hydrogens is 268 g/mol. The van der Waals surface area contributed by atoms with E-state index in [0.29, 0.717) is 11.6 Å². The summed E-state index contributed by atoms with van der Waals surface area (Å²) in [5.74, 6) is 0.108. The molecule has 0 amide bonds. The zero-order chi connectivity index (χ0) is 15.4. The van der Waals surface area contributed by atoms with Crippen LogP contribution in [0, 0.1) is 12.8 Å². The van der Waals surface area contributed by atoms with Crippen LogP contribution in [0.2, 0.25) is 0 Å². The molecule has 2 aromatic rings. The highest BCUT2D eigenvalue weighted by atomic mass is 16.4. The van der Waals surface area contributed by atoms with Crippen LogP contribution in [0.4, 0.5) is 5.82 Å². The van der Waals surface area contributed by atoms with Gasteiger partial charge < -0.3 is 10.4 Å². The quantitative estimate of drug-likeness (QED) is 0.877. The number of pyridine rings is 1. The van der Waals surface area contributed by atoms with Gasteiger partial charge in [-0.1, -0.05) is 13.8 Å². The summed E-state index contributed by atoms with van der Waals surface area (Å²) >= 11 is 0. The van der Waals surface area contributed by atoms with E-state index in [-0.39, 0.29) is 5.92 Å². The van der Waals surface area contributed by atoms with E-state index in [1.807, 2.05) is 32.9 Å². The number of hydrogen-bond acceptors (Lipinski definition) is 5. The zero-order valence-electron chi connectivity index (χ0n) is 12.2. The Morgan fingerprint density at radius 2 is 1.90 bits per heavy atom. The van der Waals surface area contributed by atoms with Crippen molar-refractivity contribution in [2.24, 2.45) is 5.92 Å². The lowest BCUT2D eigenvalue weighted by atomic mass is 10.1. The van der Waals surface area contributed by atoms with Crippen molar-refractivity contribution in [1.29, 1.82) is 0 Å². The van der Waals surface area contributed by atoms with E-state index < -0.39 is 12.0 Å². The summed E-state index contributed by atoms with van der Waals surface area (Å²) in [6, 6.07) is 4.68. The normalized spacial score (nSPS) is 12.2. The fourth-order valence-corrected chi connectivity index (χ4v) is 1.95. The van der Waals surface area contributed by atoms with Gasteiger partial charge >= 0.3 is 5.97 Å². The van der Waals surface area contributed by atoms with E-state index in [1.54, 1.807) is 18.5 Å². The summed E-state index contributed by atoms with van der Waals surface area (Å²) in [4.78, 5) is 24.0. The predicted molar refractivity (Wildman–Crippen MR) is 79.9 cm³/mol. The van der Waals surface area contributed by atoms with Crippen LogP contribution in [0.3, 0.4) is 0 Å². The van der Waals surface area contributed by atoms with Gasteiger partial charge in [-0.15, -0.1) is 0 Å². The molecule has 0 spiro atoms. The van der Waals surface area contributed by atoms with Crippen molar-refractivity contribution >= 4 is 11.8 Å². The number of nitrogens with one attached hydrogen (secondary N) is 1. The SMILES string of the molecule is Cc1cc(N[C@@H](C(=O)O)C(C)C)nc(-c2ccncc2)n1. The Labute approximate surface area is 123 Å². The van der Waals surface area contributed by atoms with Gasteiger partial charge in [-0.2, -0.15) is 0 Å². The second-order valence-corrected chi connectivity index (χ2v) is 5.16. The molecule has 6 nitrogen and oxygen atoms in total. The maximum absolute atomic E-state index is 11.3. The number of hydrogen-bond donors (Lipinski definition) is 2. The van der Waals surface area contributed by atoms with Crippen molar-refractivity contribution in [3.05, 3.63) is 36.3 Å². The van der Waals surface area contributed by atoms with Gasteiger partial charge in [0, 0.05) is 29.7 Å². The minimum Gasteiger partial charge on any atom is -0.480 e. The third-order valence-electron chi connectivity index (χ3n) is 3.03. The highest BCUT2D eigenvalue weighted by molar-refractivity contribution is 5.77. The van der Waals surface area contributed by atoms with Crippen LogP contribution in [0.1, 0.15) is 19.5 Å². The summed E-state index contributed by atoms with van der Waals surface area (Å²) in [7, 11) is 0. The van der Waals surface area contributed by atoms with Crippen molar-refractivity contribution in [3.63, 3.8) is 0 Å². The third-order valence-corrected chi connectivity index (χ3v) is 3.03. The Balaban J connectivity index is 2.33. The van der Waals surface area contributed by atoms with Gasteiger partial charge in [0.1, 0.15) is 11.9 Å². The van der Waals surface area contributed by atoms with Crippen LogP contribution in [-0.2, 0) is 4.79 Å². The minimum absolute atomic E-state index is 0.0536. The highest BCUT2D eigenvalue weighted by Crippen LogP contribution is 2.18. The Bertz CT molecular complexity index is 629. The van der Waals surface area contributed by atoms with Gasteiger partial charge in [0.2, 0.25) is 0 Å². The number of carboxylic acid groups (broad SMARTS) is 1. The first-order valence-electron chi connectivity index (χ1n) is 6.73. The standard InChI is InChI=1S/C15H18N4O2/c1-9(2)13(15(20)21)18-12-8-10(3)17-14(19-12)11-4-6-16-7-5-11/h4-9,13H,1-3H3,(H,20,21)(H,17,18,19)/t13-/m1/s1. The van der Waals surface area contributed by atoms with Crippen molar-refractivity contribution in [3.8, 4) is 11.4 Å².